The maximum absolute atomic E-state index is 12.1. The Morgan fingerprint density at radius 3 is 2.62 bits per heavy atom. The van der Waals surface area contributed by atoms with Crippen molar-refractivity contribution in [2.45, 2.75) is 13.2 Å². The van der Waals surface area contributed by atoms with E-state index >= 15 is 0 Å². The van der Waals surface area contributed by atoms with Crippen LogP contribution in [0.25, 0.3) is 0 Å². The molecule has 0 aliphatic carbocycles. The number of alkyl halides is 2. The van der Waals surface area contributed by atoms with Crippen LogP contribution < -0.4 is 14.8 Å². The van der Waals surface area contributed by atoms with Crippen LogP contribution >= 0.6 is 15.9 Å². The summed E-state index contributed by atoms with van der Waals surface area (Å²) in [6.45, 7) is -2.67. The van der Waals surface area contributed by atoms with Crippen molar-refractivity contribution in [2.24, 2.45) is 0 Å². The largest absolute Gasteiger partial charge is 0.473 e. The highest BCUT2D eigenvalue weighted by molar-refractivity contribution is 9.10. The lowest BCUT2D eigenvalue weighted by molar-refractivity contribution is -0.0531. The Bertz CT molecular complexity index is 611. The second-order valence-corrected chi connectivity index (χ2v) is 4.85. The molecule has 0 aliphatic heterocycles. The summed E-state index contributed by atoms with van der Waals surface area (Å²) in [6.07, 6.45) is 0. The minimum Gasteiger partial charge on any atom is -0.473 e. The molecule has 112 valence electrons. The summed E-state index contributed by atoms with van der Waals surface area (Å²) in [5.74, 6) is 0.0365. The normalized spacial score (nSPS) is 10.5. The Kier molecular flexibility index (Phi) is 5.32. The fourth-order valence-corrected chi connectivity index (χ4v) is 2.20. The van der Waals surface area contributed by atoms with Gasteiger partial charge in [-0.15, -0.1) is 0 Å². The number of hydrogen-bond donors (Lipinski definition) is 1. The lowest BCUT2D eigenvalue weighted by Gasteiger charge is -2.12. The Hall–Kier alpha value is -1.89. The molecule has 0 fully saturated rings. The Balaban J connectivity index is 2.10. The van der Waals surface area contributed by atoms with Crippen LogP contribution in [0.4, 0.5) is 14.5 Å². The average molecular weight is 359 g/mol. The lowest BCUT2D eigenvalue weighted by Crippen LogP contribution is -2.05. The monoisotopic (exact) mass is 358 g/mol. The molecule has 0 spiro atoms. The first kappa shape index (κ1) is 15.5. The molecule has 1 heterocycles. The van der Waals surface area contributed by atoms with E-state index in [1.807, 2.05) is 18.2 Å². The van der Waals surface area contributed by atoms with E-state index in [0.29, 0.717) is 0 Å². The summed E-state index contributed by atoms with van der Waals surface area (Å²) < 4.78 is 34.9. The van der Waals surface area contributed by atoms with Gasteiger partial charge in [0.15, 0.2) is 0 Å². The summed E-state index contributed by atoms with van der Waals surface area (Å²) in [6, 6.07) is 10.2. The van der Waals surface area contributed by atoms with Gasteiger partial charge in [-0.3, -0.25) is 0 Å². The first-order chi connectivity index (χ1) is 10.1. The zero-order valence-corrected chi connectivity index (χ0v) is 12.7. The van der Waals surface area contributed by atoms with E-state index in [-0.39, 0.29) is 18.4 Å². The summed E-state index contributed by atoms with van der Waals surface area (Å²) in [5.41, 5.74) is 1.81. The third-order valence-corrected chi connectivity index (χ3v) is 3.40. The zero-order chi connectivity index (χ0) is 15.2. The molecule has 4 nitrogen and oxygen atoms in total. The van der Waals surface area contributed by atoms with E-state index in [2.05, 4.69) is 31.0 Å². The van der Waals surface area contributed by atoms with Crippen molar-refractivity contribution < 1.29 is 18.3 Å². The van der Waals surface area contributed by atoms with E-state index in [9.17, 15) is 8.78 Å². The summed E-state index contributed by atoms with van der Waals surface area (Å²) in [5, 5.41) is 3.06. The van der Waals surface area contributed by atoms with Gasteiger partial charge in [0.1, 0.15) is 6.61 Å². The molecule has 0 saturated carbocycles. The maximum Gasteiger partial charge on any atom is 0.388 e. The number of ether oxygens (including phenoxy) is 2. The Labute approximate surface area is 129 Å². The third kappa shape index (κ3) is 4.29. The molecule has 1 aromatic carbocycles. The van der Waals surface area contributed by atoms with E-state index in [0.717, 1.165) is 15.7 Å². The number of hydrogen-bond acceptors (Lipinski definition) is 4. The number of halogens is 3. The second kappa shape index (κ2) is 7.21. The first-order valence-electron chi connectivity index (χ1n) is 6.10. The van der Waals surface area contributed by atoms with Gasteiger partial charge in [-0.1, -0.05) is 28.1 Å². The lowest BCUT2D eigenvalue weighted by atomic mass is 10.2. The zero-order valence-electron chi connectivity index (χ0n) is 11.1. The van der Waals surface area contributed by atoms with Gasteiger partial charge < -0.3 is 14.8 Å². The number of aromatic nitrogens is 1. The van der Waals surface area contributed by atoms with Crippen LogP contribution in [-0.2, 0) is 6.61 Å². The molecule has 0 radical (unpaired) electrons. The first-order valence-corrected chi connectivity index (χ1v) is 6.89. The summed E-state index contributed by atoms with van der Waals surface area (Å²) >= 11 is 3.44. The number of benzene rings is 1. The molecule has 0 unspecified atom stereocenters. The van der Waals surface area contributed by atoms with Crippen LogP contribution in [0, 0.1) is 0 Å². The number of anilines is 1. The van der Waals surface area contributed by atoms with E-state index < -0.39 is 6.61 Å². The highest BCUT2D eigenvalue weighted by Gasteiger charge is 2.09. The molecule has 0 atom stereocenters. The average Bonchev–Trinajstić information content (AvgIpc) is 2.45. The highest BCUT2D eigenvalue weighted by Crippen LogP contribution is 2.26. The van der Waals surface area contributed by atoms with Crippen LogP contribution in [-0.4, -0.2) is 18.6 Å². The molecule has 2 rings (SSSR count). The molecule has 0 saturated heterocycles. The number of nitrogens with one attached hydrogen (secondary N) is 1. The molecule has 0 aliphatic rings. The van der Waals surface area contributed by atoms with Crippen molar-refractivity contribution in [1.29, 1.82) is 0 Å². The highest BCUT2D eigenvalue weighted by atomic mass is 79.9. The second-order valence-electron chi connectivity index (χ2n) is 4.00. The fourth-order valence-electron chi connectivity index (χ4n) is 1.72. The van der Waals surface area contributed by atoms with Gasteiger partial charge in [-0.2, -0.15) is 13.8 Å². The standard InChI is InChI=1S/C14H13BrF2N2O2/c1-18-11-5-2-4-10(15)9(11)8-20-12-6-3-7-13(19-12)21-14(16)17/h2-7,14,18H,8H2,1H3. The van der Waals surface area contributed by atoms with Crippen LogP contribution in [0.3, 0.4) is 0 Å². The van der Waals surface area contributed by atoms with Gasteiger partial charge >= 0.3 is 6.61 Å². The van der Waals surface area contributed by atoms with Crippen molar-refractivity contribution in [3.05, 3.63) is 46.4 Å². The molecule has 0 amide bonds. The van der Waals surface area contributed by atoms with E-state index in [1.165, 1.54) is 6.07 Å². The SMILES string of the molecule is CNc1cccc(Br)c1COc1cccc(OC(F)F)n1. The van der Waals surface area contributed by atoms with E-state index in [4.69, 9.17) is 4.74 Å². The van der Waals surface area contributed by atoms with Gasteiger partial charge in [0, 0.05) is 34.9 Å². The smallest absolute Gasteiger partial charge is 0.388 e. The number of rotatable bonds is 6. The quantitative estimate of drug-likeness (QED) is 0.845. The van der Waals surface area contributed by atoms with Gasteiger partial charge in [0.25, 0.3) is 0 Å². The minimum atomic E-state index is -2.91. The predicted molar refractivity (Wildman–Crippen MR) is 78.9 cm³/mol. The number of pyridine rings is 1. The van der Waals surface area contributed by atoms with Crippen LogP contribution in [0.5, 0.6) is 11.8 Å². The number of nitrogens with zero attached hydrogens (tertiary/aromatic N) is 1. The summed E-state index contributed by atoms with van der Waals surface area (Å²) in [7, 11) is 1.81. The van der Waals surface area contributed by atoms with Crippen molar-refractivity contribution in [3.8, 4) is 11.8 Å². The molecule has 1 N–H and O–H groups in total. The molecule has 7 heteroatoms. The Morgan fingerprint density at radius 2 is 1.90 bits per heavy atom. The molecule has 1 aromatic heterocycles. The molecule has 21 heavy (non-hydrogen) atoms. The molecular weight excluding hydrogens is 346 g/mol. The topological polar surface area (TPSA) is 43.4 Å². The van der Waals surface area contributed by atoms with Gasteiger partial charge in [-0.05, 0) is 12.1 Å². The van der Waals surface area contributed by atoms with Gasteiger partial charge in [-0.25, -0.2) is 0 Å². The Morgan fingerprint density at radius 1 is 1.19 bits per heavy atom. The van der Waals surface area contributed by atoms with Crippen molar-refractivity contribution in [1.82, 2.24) is 4.98 Å². The third-order valence-electron chi connectivity index (χ3n) is 2.66. The summed E-state index contributed by atoms with van der Waals surface area (Å²) in [4.78, 5) is 3.85. The van der Waals surface area contributed by atoms with Gasteiger partial charge in [0.2, 0.25) is 11.8 Å². The minimum absolute atomic E-state index is 0.177. The predicted octanol–water partition coefficient (Wildman–Crippen LogP) is 4.07. The molecular formula is C14H13BrF2N2O2. The van der Waals surface area contributed by atoms with Crippen LogP contribution in [0.1, 0.15) is 5.56 Å². The van der Waals surface area contributed by atoms with Crippen LogP contribution in [0.15, 0.2) is 40.9 Å². The van der Waals surface area contributed by atoms with Crippen molar-refractivity contribution >= 4 is 21.6 Å². The van der Waals surface area contributed by atoms with E-state index in [1.54, 1.807) is 19.2 Å². The fraction of sp³-hybridized carbons (Fsp3) is 0.214. The van der Waals surface area contributed by atoms with Crippen molar-refractivity contribution in [2.75, 3.05) is 12.4 Å². The molecule has 2 aromatic rings. The van der Waals surface area contributed by atoms with Gasteiger partial charge in [0.05, 0.1) is 0 Å². The van der Waals surface area contributed by atoms with Crippen LogP contribution in [0.2, 0.25) is 0 Å². The maximum atomic E-state index is 12.1. The van der Waals surface area contributed by atoms with Crippen molar-refractivity contribution in [3.63, 3.8) is 0 Å². The molecule has 0 bridgehead atoms.